The number of carboxylic acid groups (broad SMARTS) is 1. The number of carboxylic acids is 1. The average molecular weight is 377 g/mol. The molecule has 0 spiro atoms. The van der Waals surface area contributed by atoms with Crippen LogP contribution in [-0.2, 0) is 11.8 Å². The molecule has 6 nitrogen and oxygen atoms in total. The van der Waals surface area contributed by atoms with Crippen LogP contribution in [0.15, 0.2) is 36.7 Å². The topological polar surface area (TPSA) is 77.2 Å². The van der Waals surface area contributed by atoms with Gasteiger partial charge in [0.15, 0.2) is 0 Å². The molecular weight excluding hydrogens is 354 g/mol. The fourth-order valence-electron chi connectivity index (χ4n) is 3.80. The summed E-state index contributed by atoms with van der Waals surface area (Å²) in [6, 6.07) is 5.92. The van der Waals surface area contributed by atoms with Crippen molar-refractivity contribution in [2.75, 3.05) is 0 Å². The summed E-state index contributed by atoms with van der Waals surface area (Å²) >= 11 is 0. The zero-order chi connectivity index (χ0) is 19.8. The highest BCUT2D eigenvalue weighted by molar-refractivity contribution is 5.90. The maximum atomic E-state index is 10.9. The Morgan fingerprint density at radius 2 is 2.14 bits per heavy atom. The van der Waals surface area contributed by atoms with Gasteiger partial charge in [0.25, 0.3) is 0 Å². The summed E-state index contributed by atoms with van der Waals surface area (Å²) in [7, 11) is 1.92. The largest absolute Gasteiger partial charge is 0.484 e. The number of carbonyl (C=O) groups is 1. The quantitative estimate of drug-likeness (QED) is 0.645. The van der Waals surface area contributed by atoms with Gasteiger partial charge in [-0.15, -0.1) is 0 Å². The first-order valence-corrected chi connectivity index (χ1v) is 9.43. The van der Waals surface area contributed by atoms with Crippen LogP contribution in [0.4, 0.5) is 0 Å². The average Bonchev–Trinajstić information content (AvgIpc) is 3.43. The lowest BCUT2D eigenvalue weighted by atomic mass is 9.99. The molecule has 6 heteroatoms. The molecule has 2 aromatic heterocycles. The van der Waals surface area contributed by atoms with E-state index in [1.807, 2.05) is 50.0 Å². The number of ether oxygens (including phenoxy) is 1. The van der Waals surface area contributed by atoms with Crippen molar-refractivity contribution in [1.82, 2.24) is 14.8 Å². The maximum absolute atomic E-state index is 10.9. The summed E-state index contributed by atoms with van der Waals surface area (Å²) < 4.78 is 8.06. The van der Waals surface area contributed by atoms with Crippen molar-refractivity contribution in [2.24, 2.45) is 7.05 Å². The van der Waals surface area contributed by atoms with Gasteiger partial charge in [0.1, 0.15) is 11.9 Å². The predicted octanol–water partition coefficient (Wildman–Crippen LogP) is 4.39. The van der Waals surface area contributed by atoms with Crippen molar-refractivity contribution < 1.29 is 14.6 Å². The molecular formula is C22H23N3O3. The highest BCUT2D eigenvalue weighted by Crippen LogP contribution is 2.45. The highest BCUT2D eigenvalue weighted by atomic mass is 16.5. The zero-order valence-corrected chi connectivity index (χ0v) is 16.2. The van der Waals surface area contributed by atoms with Crippen molar-refractivity contribution in [1.29, 1.82) is 0 Å². The molecule has 1 atom stereocenters. The first-order valence-electron chi connectivity index (χ1n) is 9.43. The molecule has 0 radical (unpaired) electrons. The van der Waals surface area contributed by atoms with Gasteiger partial charge >= 0.3 is 5.97 Å². The van der Waals surface area contributed by atoms with E-state index in [9.17, 15) is 4.79 Å². The molecule has 0 amide bonds. The van der Waals surface area contributed by atoms with E-state index in [0.29, 0.717) is 5.92 Å². The minimum atomic E-state index is -0.959. The van der Waals surface area contributed by atoms with E-state index < -0.39 is 5.97 Å². The van der Waals surface area contributed by atoms with Crippen LogP contribution >= 0.6 is 0 Å². The molecule has 144 valence electrons. The molecule has 1 aliphatic rings. The second-order valence-electron chi connectivity index (χ2n) is 7.35. The Labute approximate surface area is 163 Å². The summed E-state index contributed by atoms with van der Waals surface area (Å²) in [4.78, 5) is 15.5. The summed E-state index contributed by atoms with van der Waals surface area (Å²) in [5.74, 6) is 0.258. The number of aliphatic carboxylic acids is 1. The summed E-state index contributed by atoms with van der Waals surface area (Å²) in [5, 5.41) is 14.3. The number of hydrogen-bond acceptors (Lipinski definition) is 4. The number of nitrogens with zero attached hydrogens (tertiary/aromatic N) is 3. The molecule has 3 aromatic rings. The fraction of sp³-hybridized carbons (Fsp3) is 0.318. The number of fused-ring (bicyclic) bond motifs is 1. The Morgan fingerprint density at radius 1 is 1.36 bits per heavy atom. The lowest BCUT2D eigenvalue weighted by Gasteiger charge is -2.17. The SMILES string of the molecule is Cc1cnn(C)c1[C@H](C)Oc1ccc2ncc(/C=C/C(=O)O)c(C3CC3)c2c1. The minimum Gasteiger partial charge on any atom is -0.484 e. The molecule has 1 N–H and O–H groups in total. The second-order valence-corrected chi connectivity index (χ2v) is 7.35. The van der Waals surface area contributed by atoms with Crippen molar-refractivity contribution in [3.63, 3.8) is 0 Å². The molecule has 1 aliphatic carbocycles. The Kier molecular flexibility index (Phi) is 4.63. The van der Waals surface area contributed by atoms with Gasteiger partial charge in [0.2, 0.25) is 0 Å². The number of aromatic nitrogens is 3. The molecule has 28 heavy (non-hydrogen) atoms. The third-order valence-corrected chi connectivity index (χ3v) is 5.18. The van der Waals surface area contributed by atoms with E-state index in [-0.39, 0.29) is 6.10 Å². The van der Waals surface area contributed by atoms with Gasteiger partial charge in [-0.2, -0.15) is 5.10 Å². The van der Waals surface area contributed by atoms with E-state index in [1.165, 1.54) is 6.08 Å². The van der Waals surface area contributed by atoms with Crippen LogP contribution < -0.4 is 4.74 Å². The molecule has 1 aromatic carbocycles. The molecule has 1 fully saturated rings. The van der Waals surface area contributed by atoms with Gasteiger partial charge in [0.05, 0.1) is 17.4 Å². The fourth-order valence-corrected chi connectivity index (χ4v) is 3.80. The Bertz CT molecular complexity index is 1060. The summed E-state index contributed by atoms with van der Waals surface area (Å²) in [6.07, 6.45) is 8.49. The predicted molar refractivity (Wildman–Crippen MR) is 107 cm³/mol. The molecule has 0 aliphatic heterocycles. The second kappa shape index (κ2) is 7.11. The molecule has 0 bridgehead atoms. The van der Waals surface area contributed by atoms with Gasteiger partial charge in [-0.05, 0) is 73.6 Å². The van der Waals surface area contributed by atoms with Gasteiger partial charge in [-0.3, -0.25) is 9.67 Å². The van der Waals surface area contributed by atoms with Crippen molar-refractivity contribution in [3.8, 4) is 5.75 Å². The molecule has 2 heterocycles. The number of rotatable bonds is 6. The third-order valence-electron chi connectivity index (χ3n) is 5.18. The number of aryl methyl sites for hydroxylation is 2. The summed E-state index contributed by atoms with van der Waals surface area (Å²) in [5.41, 5.74) is 5.06. The van der Waals surface area contributed by atoms with E-state index in [1.54, 1.807) is 12.3 Å². The lowest BCUT2D eigenvalue weighted by molar-refractivity contribution is -0.131. The molecule has 0 saturated heterocycles. The van der Waals surface area contributed by atoms with Crippen LogP contribution in [0.5, 0.6) is 5.75 Å². The van der Waals surface area contributed by atoms with E-state index in [4.69, 9.17) is 9.84 Å². The number of benzene rings is 1. The first kappa shape index (κ1) is 18.2. The normalized spacial score (nSPS) is 15.2. The van der Waals surface area contributed by atoms with Crippen LogP contribution in [-0.4, -0.2) is 25.8 Å². The van der Waals surface area contributed by atoms with Gasteiger partial charge in [0, 0.05) is 24.7 Å². The Hall–Kier alpha value is -3.15. The van der Waals surface area contributed by atoms with Crippen LogP contribution in [0, 0.1) is 6.92 Å². The van der Waals surface area contributed by atoms with Crippen LogP contribution in [0.2, 0.25) is 0 Å². The van der Waals surface area contributed by atoms with Crippen molar-refractivity contribution in [3.05, 3.63) is 59.1 Å². The van der Waals surface area contributed by atoms with Crippen LogP contribution in [0.1, 0.15) is 54.2 Å². The van der Waals surface area contributed by atoms with Gasteiger partial charge in [-0.1, -0.05) is 0 Å². The molecule has 1 saturated carbocycles. The number of hydrogen-bond donors (Lipinski definition) is 1. The summed E-state index contributed by atoms with van der Waals surface area (Å²) in [6.45, 7) is 4.04. The Morgan fingerprint density at radius 3 is 2.79 bits per heavy atom. The van der Waals surface area contributed by atoms with Crippen molar-refractivity contribution >= 4 is 22.9 Å². The maximum Gasteiger partial charge on any atom is 0.328 e. The van der Waals surface area contributed by atoms with E-state index in [2.05, 4.69) is 10.1 Å². The third kappa shape index (κ3) is 3.50. The highest BCUT2D eigenvalue weighted by Gasteiger charge is 2.28. The van der Waals surface area contributed by atoms with Crippen molar-refractivity contribution in [2.45, 2.75) is 38.7 Å². The van der Waals surface area contributed by atoms with Gasteiger partial charge < -0.3 is 9.84 Å². The molecule has 0 unspecified atom stereocenters. The monoisotopic (exact) mass is 377 g/mol. The first-order chi connectivity index (χ1) is 13.4. The van der Waals surface area contributed by atoms with E-state index in [0.717, 1.165) is 51.9 Å². The minimum absolute atomic E-state index is 0.141. The zero-order valence-electron chi connectivity index (χ0n) is 16.2. The van der Waals surface area contributed by atoms with Crippen LogP contribution in [0.3, 0.4) is 0 Å². The van der Waals surface area contributed by atoms with Gasteiger partial charge in [-0.25, -0.2) is 4.79 Å². The van der Waals surface area contributed by atoms with E-state index >= 15 is 0 Å². The smallest absolute Gasteiger partial charge is 0.328 e. The lowest BCUT2D eigenvalue weighted by Crippen LogP contribution is -2.10. The number of pyridine rings is 1. The van der Waals surface area contributed by atoms with Crippen LogP contribution in [0.25, 0.3) is 17.0 Å². The molecule has 4 rings (SSSR count). The standard InChI is InChI=1S/C22H23N3O3/c1-13-11-24-25(3)22(13)14(2)28-17-7-8-19-18(10-17)21(15-4-5-15)16(12-23-19)6-9-20(26)27/h6-12,14-15H,4-5H2,1-3H3,(H,26,27)/b9-6+/t14-/m0/s1. The Balaban J connectivity index is 1.73.